The summed E-state index contributed by atoms with van der Waals surface area (Å²) in [7, 11) is 0. The first-order valence-corrected chi connectivity index (χ1v) is 4.27. The van der Waals surface area contributed by atoms with Crippen molar-refractivity contribution in [2.24, 2.45) is 0 Å². The summed E-state index contributed by atoms with van der Waals surface area (Å²) in [6.07, 6.45) is 5.35. The molecule has 10 heavy (non-hydrogen) atoms. The summed E-state index contributed by atoms with van der Waals surface area (Å²) >= 11 is 0. The summed E-state index contributed by atoms with van der Waals surface area (Å²) < 4.78 is 0. The fraction of sp³-hybridized carbons (Fsp3) is 0.778. The predicted octanol–water partition coefficient (Wildman–Crippen LogP) is 1.80. The smallest absolute Gasteiger partial charge is 0.0133 e. The van der Waals surface area contributed by atoms with Crippen molar-refractivity contribution >= 4 is 0 Å². The van der Waals surface area contributed by atoms with E-state index in [2.05, 4.69) is 11.5 Å². The normalized spacial score (nSPS) is 34.4. The third-order valence-electron chi connectivity index (χ3n) is 2.78. The molecule has 2 aliphatic heterocycles. The minimum Gasteiger partial charge on any atom is -0.300 e. The monoisotopic (exact) mass is 137 g/mol. The van der Waals surface area contributed by atoms with Crippen LogP contribution in [0.1, 0.15) is 25.7 Å². The molecule has 0 aromatic heterocycles. The van der Waals surface area contributed by atoms with Crippen molar-refractivity contribution in [2.45, 2.75) is 31.7 Å². The lowest BCUT2D eigenvalue weighted by Gasteiger charge is -2.30. The van der Waals surface area contributed by atoms with Crippen LogP contribution in [0.3, 0.4) is 0 Å². The maximum Gasteiger partial charge on any atom is 0.0133 e. The molecule has 2 heterocycles. The Morgan fingerprint density at radius 1 is 1.40 bits per heavy atom. The molecule has 0 aliphatic carbocycles. The van der Waals surface area contributed by atoms with Gasteiger partial charge in [0.25, 0.3) is 0 Å². The molecule has 0 amide bonds. The Morgan fingerprint density at radius 3 is 3.20 bits per heavy atom. The molecule has 0 aromatic carbocycles. The third kappa shape index (κ3) is 0.988. The summed E-state index contributed by atoms with van der Waals surface area (Å²) in [5.74, 6) is 0. The van der Waals surface area contributed by atoms with Crippen molar-refractivity contribution in [1.82, 2.24) is 4.90 Å². The first kappa shape index (κ1) is 6.41. The SMILES string of the molecule is C=C1CCN2CCCC2C1. The van der Waals surface area contributed by atoms with E-state index in [4.69, 9.17) is 0 Å². The quantitative estimate of drug-likeness (QED) is 0.460. The van der Waals surface area contributed by atoms with E-state index in [0.29, 0.717) is 0 Å². The molecule has 2 aliphatic rings. The van der Waals surface area contributed by atoms with Crippen molar-refractivity contribution in [3.63, 3.8) is 0 Å². The van der Waals surface area contributed by atoms with Crippen LogP contribution < -0.4 is 0 Å². The maximum atomic E-state index is 4.05. The van der Waals surface area contributed by atoms with Crippen LogP contribution in [0.4, 0.5) is 0 Å². The zero-order valence-corrected chi connectivity index (χ0v) is 6.47. The van der Waals surface area contributed by atoms with Gasteiger partial charge in [0.05, 0.1) is 0 Å². The van der Waals surface area contributed by atoms with E-state index >= 15 is 0 Å². The van der Waals surface area contributed by atoms with Crippen molar-refractivity contribution < 1.29 is 0 Å². The number of rotatable bonds is 0. The van der Waals surface area contributed by atoms with Crippen LogP contribution in [-0.2, 0) is 0 Å². The molecule has 2 rings (SSSR count). The molecule has 0 saturated carbocycles. The van der Waals surface area contributed by atoms with Crippen LogP contribution in [0.5, 0.6) is 0 Å². The Kier molecular flexibility index (Phi) is 1.53. The summed E-state index contributed by atoms with van der Waals surface area (Å²) in [4.78, 5) is 2.62. The fourth-order valence-corrected chi connectivity index (χ4v) is 2.16. The topological polar surface area (TPSA) is 3.24 Å². The predicted molar refractivity (Wildman–Crippen MR) is 43.0 cm³/mol. The summed E-state index contributed by atoms with van der Waals surface area (Å²) in [5, 5.41) is 0. The number of nitrogens with zero attached hydrogens (tertiary/aromatic N) is 1. The number of piperidine rings is 1. The van der Waals surface area contributed by atoms with Gasteiger partial charge in [-0.25, -0.2) is 0 Å². The van der Waals surface area contributed by atoms with Crippen molar-refractivity contribution in [2.75, 3.05) is 13.1 Å². The highest BCUT2D eigenvalue weighted by molar-refractivity contribution is 5.04. The molecule has 56 valence electrons. The molecule has 2 saturated heterocycles. The molecular formula is C9H15N. The van der Waals surface area contributed by atoms with Crippen LogP contribution in [-0.4, -0.2) is 24.0 Å². The van der Waals surface area contributed by atoms with E-state index in [1.807, 2.05) is 0 Å². The molecule has 1 atom stereocenters. The van der Waals surface area contributed by atoms with Gasteiger partial charge in [0.2, 0.25) is 0 Å². The van der Waals surface area contributed by atoms with Crippen LogP contribution in [0.15, 0.2) is 12.2 Å². The van der Waals surface area contributed by atoms with E-state index < -0.39 is 0 Å². The largest absolute Gasteiger partial charge is 0.300 e. The van der Waals surface area contributed by atoms with Gasteiger partial charge in [0.15, 0.2) is 0 Å². The van der Waals surface area contributed by atoms with Gasteiger partial charge in [-0.15, -0.1) is 0 Å². The lowest BCUT2D eigenvalue weighted by Crippen LogP contribution is -2.34. The lowest BCUT2D eigenvalue weighted by atomic mass is 9.99. The van der Waals surface area contributed by atoms with E-state index in [-0.39, 0.29) is 0 Å². The maximum absolute atomic E-state index is 4.05. The highest BCUT2D eigenvalue weighted by Gasteiger charge is 2.27. The van der Waals surface area contributed by atoms with Gasteiger partial charge in [0.1, 0.15) is 0 Å². The van der Waals surface area contributed by atoms with Gasteiger partial charge in [0, 0.05) is 12.6 Å². The standard InChI is InChI=1S/C9H15N/c1-8-4-6-10-5-2-3-9(10)7-8/h9H,1-7H2. The Morgan fingerprint density at radius 2 is 2.30 bits per heavy atom. The number of hydrogen-bond donors (Lipinski definition) is 0. The molecule has 0 radical (unpaired) electrons. The molecule has 2 fully saturated rings. The molecule has 1 heteroatoms. The van der Waals surface area contributed by atoms with Crippen LogP contribution in [0, 0.1) is 0 Å². The van der Waals surface area contributed by atoms with Crippen LogP contribution in [0.25, 0.3) is 0 Å². The van der Waals surface area contributed by atoms with Gasteiger partial charge < -0.3 is 0 Å². The van der Waals surface area contributed by atoms with Gasteiger partial charge >= 0.3 is 0 Å². The zero-order valence-electron chi connectivity index (χ0n) is 6.47. The third-order valence-corrected chi connectivity index (χ3v) is 2.78. The molecule has 1 nitrogen and oxygen atoms in total. The van der Waals surface area contributed by atoms with Gasteiger partial charge in [-0.3, -0.25) is 4.90 Å². The number of fused-ring (bicyclic) bond motifs is 1. The second kappa shape index (κ2) is 2.39. The Hall–Kier alpha value is -0.300. The first-order valence-electron chi connectivity index (χ1n) is 4.27. The Labute approximate surface area is 62.7 Å². The van der Waals surface area contributed by atoms with Crippen molar-refractivity contribution in [1.29, 1.82) is 0 Å². The van der Waals surface area contributed by atoms with Gasteiger partial charge in [-0.1, -0.05) is 12.2 Å². The summed E-state index contributed by atoms with van der Waals surface area (Å²) in [5.41, 5.74) is 1.48. The molecule has 0 bridgehead atoms. The second-order valence-corrected chi connectivity index (χ2v) is 3.54. The highest BCUT2D eigenvalue weighted by atomic mass is 15.2. The van der Waals surface area contributed by atoms with E-state index in [9.17, 15) is 0 Å². The lowest BCUT2D eigenvalue weighted by molar-refractivity contribution is 0.229. The minimum atomic E-state index is 0.876. The second-order valence-electron chi connectivity index (χ2n) is 3.54. The molecule has 1 unspecified atom stereocenters. The highest BCUT2D eigenvalue weighted by Crippen LogP contribution is 2.28. The van der Waals surface area contributed by atoms with Crippen LogP contribution in [0.2, 0.25) is 0 Å². The van der Waals surface area contributed by atoms with Crippen molar-refractivity contribution in [3.05, 3.63) is 12.2 Å². The Balaban J connectivity index is 2.03. The molecule has 0 aromatic rings. The van der Waals surface area contributed by atoms with E-state index in [1.165, 1.54) is 44.3 Å². The van der Waals surface area contributed by atoms with E-state index in [0.717, 1.165) is 6.04 Å². The summed E-state index contributed by atoms with van der Waals surface area (Å²) in [6, 6.07) is 0.876. The van der Waals surface area contributed by atoms with Gasteiger partial charge in [-0.05, 0) is 32.2 Å². The zero-order chi connectivity index (χ0) is 6.97. The summed E-state index contributed by atoms with van der Waals surface area (Å²) in [6.45, 7) is 6.67. The van der Waals surface area contributed by atoms with Crippen molar-refractivity contribution in [3.8, 4) is 0 Å². The average molecular weight is 137 g/mol. The van der Waals surface area contributed by atoms with Crippen LogP contribution >= 0.6 is 0 Å². The Bertz CT molecular complexity index is 151. The molecular weight excluding hydrogens is 122 g/mol. The molecule has 0 N–H and O–H groups in total. The van der Waals surface area contributed by atoms with Gasteiger partial charge in [-0.2, -0.15) is 0 Å². The van der Waals surface area contributed by atoms with E-state index in [1.54, 1.807) is 0 Å². The minimum absolute atomic E-state index is 0.876. The number of hydrogen-bond acceptors (Lipinski definition) is 1. The molecule has 0 spiro atoms. The first-order chi connectivity index (χ1) is 4.86. The fourth-order valence-electron chi connectivity index (χ4n) is 2.16. The average Bonchev–Trinajstić information content (AvgIpc) is 2.33.